The second-order valence-electron chi connectivity index (χ2n) is 5.60. The van der Waals surface area contributed by atoms with Crippen molar-refractivity contribution in [3.8, 4) is 5.75 Å². The van der Waals surface area contributed by atoms with Gasteiger partial charge in [-0.05, 0) is 30.5 Å². The number of rotatable bonds is 11. The average molecular weight is 339 g/mol. The Kier molecular flexibility index (Phi) is 19.3. The van der Waals surface area contributed by atoms with E-state index in [-0.39, 0.29) is 54.1 Å². The summed E-state index contributed by atoms with van der Waals surface area (Å²) in [5.74, 6) is 0.367. The van der Waals surface area contributed by atoms with Crippen molar-refractivity contribution in [3.63, 3.8) is 0 Å². The van der Waals surface area contributed by atoms with E-state index in [1.807, 2.05) is 12.1 Å². The SMILES string of the molecule is CCCCCCCCCCCCc1ccc(O)cc1.S.[Ca+2].[H-].[H-]. The zero-order valence-electron chi connectivity index (χ0n) is 15.7. The molecule has 21 heavy (non-hydrogen) atoms. The van der Waals surface area contributed by atoms with Gasteiger partial charge in [0.15, 0.2) is 0 Å². The van der Waals surface area contributed by atoms with Crippen molar-refractivity contribution < 1.29 is 7.96 Å². The molecule has 0 bridgehead atoms. The molecule has 0 spiro atoms. The summed E-state index contributed by atoms with van der Waals surface area (Å²) >= 11 is 0. The first-order valence-electron chi connectivity index (χ1n) is 8.11. The number of benzene rings is 1. The Bertz CT molecular complexity index is 323. The normalized spacial score (nSPS) is 9.76. The second-order valence-corrected chi connectivity index (χ2v) is 5.60. The van der Waals surface area contributed by atoms with E-state index in [2.05, 4.69) is 6.92 Å². The molecule has 120 valence electrons. The van der Waals surface area contributed by atoms with E-state index in [0.717, 1.165) is 6.42 Å². The van der Waals surface area contributed by atoms with Gasteiger partial charge in [-0.25, -0.2) is 0 Å². The molecule has 1 N–H and O–H groups in total. The Morgan fingerprint density at radius 2 is 1.19 bits per heavy atom. The zero-order chi connectivity index (χ0) is 13.8. The maximum atomic E-state index is 9.20. The van der Waals surface area contributed by atoms with Crippen LogP contribution >= 0.6 is 13.5 Å². The number of aromatic hydroxyl groups is 1. The Hall–Kier alpha value is 0.630. The minimum atomic E-state index is 0. The van der Waals surface area contributed by atoms with Gasteiger partial charge < -0.3 is 7.96 Å². The van der Waals surface area contributed by atoms with Gasteiger partial charge in [-0.2, -0.15) is 13.5 Å². The molecule has 0 aromatic heterocycles. The Labute approximate surface area is 171 Å². The van der Waals surface area contributed by atoms with E-state index in [9.17, 15) is 5.11 Å². The maximum absolute atomic E-state index is 9.20. The summed E-state index contributed by atoms with van der Waals surface area (Å²) in [4.78, 5) is 0. The molecule has 0 saturated heterocycles. The van der Waals surface area contributed by atoms with Crippen LogP contribution in [0.15, 0.2) is 24.3 Å². The topological polar surface area (TPSA) is 20.2 Å². The molecule has 0 heterocycles. The zero-order valence-corrected chi connectivity index (χ0v) is 17.0. The van der Waals surface area contributed by atoms with Crippen molar-refractivity contribution in [1.29, 1.82) is 0 Å². The van der Waals surface area contributed by atoms with E-state index >= 15 is 0 Å². The van der Waals surface area contributed by atoms with E-state index in [0.29, 0.717) is 5.75 Å². The van der Waals surface area contributed by atoms with Crippen molar-refractivity contribution in [2.24, 2.45) is 0 Å². The molecule has 3 heteroatoms. The van der Waals surface area contributed by atoms with Crippen LogP contribution in [0, 0.1) is 0 Å². The van der Waals surface area contributed by atoms with Gasteiger partial charge in [0, 0.05) is 0 Å². The third-order valence-electron chi connectivity index (χ3n) is 3.76. The molecular weight excluding hydrogens is 304 g/mol. The molecular formula is C18H34CaOS. The summed E-state index contributed by atoms with van der Waals surface area (Å²) in [5, 5.41) is 9.20. The summed E-state index contributed by atoms with van der Waals surface area (Å²) in [7, 11) is 0. The number of phenols is 1. The number of phenolic OH excluding ortho intramolecular Hbond substituents is 1. The van der Waals surface area contributed by atoms with Crippen LogP contribution in [0.1, 0.15) is 79.5 Å². The number of hydrogen-bond acceptors (Lipinski definition) is 1. The standard InChI is InChI=1S/C18H30O.Ca.H2S.2H/c1-2-3-4-5-6-7-8-9-10-11-12-17-13-15-18(19)16-14-17;;;;/h13-16,19H,2-12H2,1H3;;1H2;;/q;+2;;2*-1. The van der Waals surface area contributed by atoms with E-state index in [1.165, 1.54) is 69.8 Å². The van der Waals surface area contributed by atoms with Crippen molar-refractivity contribution in [2.45, 2.75) is 77.6 Å². The van der Waals surface area contributed by atoms with Crippen LogP contribution in [0.4, 0.5) is 0 Å². The molecule has 0 aliphatic heterocycles. The summed E-state index contributed by atoms with van der Waals surface area (Å²) in [6, 6.07) is 7.63. The summed E-state index contributed by atoms with van der Waals surface area (Å²) in [6.45, 7) is 2.27. The predicted molar refractivity (Wildman–Crippen MR) is 102 cm³/mol. The molecule has 1 aromatic rings. The molecule has 0 fully saturated rings. The smallest absolute Gasteiger partial charge is 1.00 e. The molecule has 0 radical (unpaired) electrons. The number of unbranched alkanes of at least 4 members (excludes halogenated alkanes) is 9. The molecule has 0 aliphatic rings. The Morgan fingerprint density at radius 3 is 1.67 bits per heavy atom. The van der Waals surface area contributed by atoms with Crippen LogP contribution in [0.2, 0.25) is 0 Å². The molecule has 0 saturated carbocycles. The number of hydrogen-bond donors (Lipinski definition) is 1. The van der Waals surface area contributed by atoms with E-state index < -0.39 is 0 Å². The van der Waals surface area contributed by atoms with Crippen LogP contribution < -0.4 is 0 Å². The molecule has 1 rings (SSSR count). The second kappa shape index (κ2) is 17.0. The maximum Gasteiger partial charge on any atom is 2.00 e. The first kappa shape index (κ1) is 23.9. The molecule has 1 nitrogen and oxygen atoms in total. The van der Waals surface area contributed by atoms with Crippen LogP contribution in [-0.4, -0.2) is 42.8 Å². The van der Waals surface area contributed by atoms with Gasteiger partial charge in [-0.1, -0.05) is 76.8 Å². The predicted octanol–water partition coefficient (Wildman–Crippen LogP) is 5.81. The van der Waals surface area contributed by atoms with Crippen LogP contribution in [0.3, 0.4) is 0 Å². The van der Waals surface area contributed by atoms with E-state index in [1.54, 1.807) is 12.1 Å². The third kappa shape index (κ3) is 14.0. The van der Waals surface area contributed by atoms with Gasteiger partial charge in [0.05, 0.1) is 0 Å². The van der Waals surface area contributed by atoms with E-state index in [4.69, 9.17) is 0 Å². The molecule has 0 amide bonds. The minimum Gasteiger partial charge on any atom is -1.00 e. The first-order chi connectivity index (χ1) is 9.33. The summed E-state index contributed by atoms with van der Waals surface area (Å²) < 4.78 is 0. The van der Waals surface area contributed by atoms with Crippen molar-refractivity contribution in [1.82, 2.24) is 0 Å². The first-order valence-corrected chi connectivity index (χ1v) is 8.11. The van der Waals surface area contributed by atoms with Crippen LogP contribution in [-0.2, 0) is 6.42 Å². The fourth-order valence-electron chi connectivity index (χ4n) is 2.48. The summed E-state index contributed by atoms with van der Waals surface area (Å²) in [5.41, 5.74) is 1.34. The van der Waals surface area contributed by atoms with Crippen LogP contribution in [0.5, 0.6) is 5.75 Å². The number of aryl methyl sites for hydroxylation is 1. The van der Waals surface area contributed by atoms with Crippen LogP contribution in [0.25, 0.3) is 0 Å². The van der Waals surface area contributed by atoms with Gasteiger partial charge in [0.1, 0.15) is 5.75 Å². The largest absolute Gasteiger partial charge is 2.00 e. The molecule has 0 atom stereocenters. The van der Waals surface area contributed by atoms with Gasteiger partial charge in [0.2, 0.25) is 0 Å². The fourth-order valence-corrected chi connectivity index (χ4v) is 2.48. The molecule has 0 aliphatic carbocycles. The van der Waals surface area contributed by atoms with Crippen molar-refractivity contribution >= 4 is 51.2 Å². The van der Waals surface area contributed by atoms with Gasteiger partial charge in [-0.3, -0.25) is 0 Å². The molecule has 1 aromatic carbocycles. The van der Waals surface area contributed by atoms with Gasteiger partial charge in [0.25, 0.3) is 0 Å². The minimum absolute atomic E-state index is 0. The summed E-state index contributed by atoms with van der Waals surface area (Å²) in [6.07, 6.45) is 15.0. The van der Waals surface area contributed by atoms with Crippen molar-refractivity contribution in [2.75, 3.05) is 0 Å². The fraction of sp³-hybridized carbons (Fsp3) is 0.667. The Morgan fingerprint density at radius 1 is 0.762 bits per heavy atom. The molecule has 0 unspecified atom stereocenters. The average Bonchev–Trinajstić information content (AvgIpc) is 2.43. The third-order valence-corrected chi connectivity index (χ3v) is 3.76. The monoisotopic (exact) mass is 338 g/mol. The quantitative estimate of drug-likeness (QED) is 0.398. The van der Waals surface area contributed by atoms with Gasteiger partial charge in [-0.15, -0.1) is 0 Å². The van der Waals surface area contributed by atoms with Crippen molar-refractivity contribution in [3.05, 3.63) is 29.8 Å². The Balaban J connectivity index is -0.000000451. The van der Waals surface area contributed by atoms with Gasteiger partial charge >= 0.3 is 37.7 Å².